The number of nitrogens with one attached hydrogen (secondary N) is 1. The molecule has 1 saturated heterocycles. The minimum atomic E-state index is -0.158. The van der Waals surface area contributed by atoms with Crippen LogP contribution < -0.4 is 15.0 Å². The van der Waals surface area contributed by atoms with Crippen molar-refractivity contribution in [3.05, 3.63) is 48.5 Å². The lowest BCUT2D eigenvalue weighted by molar-refractivity contribution is -0.130. The highest BCUT2D eigenvalue weighted by atomic mass is 32.2. The van der Waals surface area contributed by atoms with Crippen molar-refractivity contribution in [3.8, 4) is 5.75 Å². The fourth-order valence-corrected chi connectivity index (χ4v) is 4.26. The normalized spacial score (nSPS) is 15.0. The van der Waals surface area contributed by atoms with Crippen LogP contribution in [0.1, 0.15) is 13.8 Å². The maximum atomic E-state index is 12.9. The molecule has 0 spiro atoms. The van der Waals surface area contributed by atoms with Crippen LogP contribution in [-0.2, 0) is 9.59 Å². The molecule has 0 aromatic heterocycles. The molecular formula is C22H27N3O3S. The maximum absolute atomic E-state index is 12.9. The number of thioether (sulfide) groups is 1. The first kappa shape index (κ1) is 21.0. The molecule has 1 N–H and O–H groups in total. The van der Waals surface area contributed by atoms with E-state index in [1.165, 1.54) is 6.92 Å². The van der Waals surface area contributed by atoms with E-state index in [2.05, 4.69) is 22.3 Å². The zero-order chi connectivity index (χ0) is 20.8. The number of piperazine rings is 1. The van der Waals surface area contributed by atoms with E-state index in [1.54, 1.807) is 18.9 Å². The largest absolute Gasteiger partial charge is 0.497 e. The van der Waals surface area contributed by atoms with Gasteiger partial charge in [0.15, 0.2) is 0 Å². The molecule has 0 saturated carbocycles. The molecule has 0 bridgehead atoms. The standard InChI is InChI=1S/C22H27N3O3S/c1-16(29-21-10-4-18(5-11-21)23-17(2)26)22(27)25-14-12-24(13-15-25)19-6-8-20(28-3)9-7-19/h4-11,16H,12-15H2,1-3H3,(H,23,26). The van der Waals surface area contributed by atoms with Crippen molar-refractivity contribution < 1.29 is 14.3 Å². The molecule has 2 amide bonds. The Balaban J connectivity index is 1.51. The van der Waals surface area contributed by atoms with Gasteiger partial charge in [0.05, 0.1) is 12.4 Å². The summed E-state index contributed by atoms with van der Waals surface area (Å²) in [6, 6.07) is 15.6. The first-order valence-corrected chi connectivity index (χ1v) is 10.6. The lowest BCUT2D eigenvalue weighted by Crippen LogP contribution is -2.50. The van der Waals surface area contributed by atoms with E-state index in [-0.39, 0.29) is 17.1 Å². The van der Waals surface area contributed by atoms with Crippen molar-refractivity contribution in [2.75, 3.05) is 43.5 Å². The van der Waals surface area contributed by atoms with Gasteiger partial charge in [-0.25, -0.2) is 0 Å². The van der Waals surface area contributed by atoms with E-state index in [0.717, 1.165) is 48.2 Å². The predicted octanol–water partition coefficient (Wildman–Crippen LogP) is 3.48. The molecule has 0 aliphatic carbocycles. The topological polar surface area (TPSA) is 61.9 Å². The van der Waals surface area contributed by atoms with E-state index in [9.17, 15) is 9.59 Å². The molecule has 1 aliphatic heterocycles. The number of methoxy groups -OCH3 is 1. The molecule has 2 aromatic rings. The van der Waals surface area contributed by atoms with E-state index < -0.39 is 0 Å². The highest BCUT2D eigenvalue weighted by Crippen LogP contribution is 2.27. The molecule has 3 rings (SSSR count). The second-order valence-electron chi connectivity index (χ2n) is 6.98. The monoisotopic (exact) mass is 413 g/mol. The molecule has 1 unspecified atom stereocenters. The van der Waals surface area contributed by atoms with Crippen molar-refractivity contribution in [1.29, 1.82) is 0 Å². The summed E-state index contributed by atoms with van der Waals surface area (Å²) in [4.78, 5) is 29.2. The lowest BCUT2D eigenvalue weighted by Gasteiger charge is -2.37. The Labute approximate surface area is 176 Å². The van der Waals surface area contributed by atoms with E-state index in [4.69, 9.17) is 4.74 Å². The Hall–Kier alpha value is -2.67. The smallest absolute Gasteiger partial charge is 0.235 e. The number of amides is 2. The van der Waals surface area contributed by atoms with Crippen LogP contribution >= 0.6 is 11.8 Å². The Kier molecular flexibility index (Phi) is 7.04. The van der Waals surface area contributed by atoms with Crippen molar-refractivity contribution in [1.82, 2.24) is 4.90 Å². The van der Waals surface area contributed by atoms with Gasteiger partial charge in [-0.1, -0.05) is 0 Å². The van der Waals surface area contributed by atoms with Crippen LogP contribution in [0, 0.1) is 0 Å². The second kappa shape index (κ2) is 9.69. The van der Waals surface area contributed by atoms with Crippen LogP contribution in [0.2, 0.25) is 0 Å². The third-order valence-corrected chi connectivity index (χ3v) is 5.96. The van der Waals surface area contributed by atoms with Gasteiger partial charge in [-0.15, -0.1) is 11.8 Å². The second-order valence-corrected chi connectivity index (χ2v) is 8.39. The van der Waals surface area contributed by atoms with E-state index >= 15 is 0 Å². The molecule has 29 heavy (non-hydrogen) atoms. The summed E-state index contributed by atoms with van der Waals surface area (Å²) in [5, 5.41) is 2.59. The number of hydrogen-bond donors (Lipinski definition) is 1. The quantitative estimate of drug-likeness (QED) is 0.735. The number of carbonyl (C=O) groups is 2. The average Bonchev–Trinajstić information content (AvgIpc) is 2.74. The summed E-state index contributed by atoms with van der Waals surface area (Å²) in [6.07, 6.45) is 0. The average molecular weight is 414 g/mol. The summed E-state index contributed by atoms with van der Waals surface area (Å²) in [6.45, 7) is 6.51. The lowest BCUT2D eigenvalue weighted by atomic mass is 10.2. The van der Waals surface area contributed by atoms with Gasteiger partial charge in [-0.3, -0.25) is 9.59 Å². The van der Waals surface area contributed by atoms with Gasteiger partial charge in [0, 0.05) is 49.4 Å². The van der Waals surface area contributed by atoms with Gasteiger partial charge in [0.25, 0.3) is 0 Å². The number of hydrogen-bond acceptors (Lipinski definition) is 5. The summed E-state index contributed by atoms with van der Waals surface area (Å²) >= 11 is 1.54. The number of nitrogens with zero attached hydrogens (tertiary/aromatic N) is 2. The molecule has 154 valence electrons. The van der Waals surface area contributed by atoms with Crippen LogP contribution in [-0.4, -0.2) is 55.3 Å². The highest BCUT2D eigenvalue weighted by Gasteiger charge is 2.25. The molecule has 1 atom stereocenters. The number of rotatable bonds is 6. The van der Waals surface area contributed by atoms with Crippen LogP contribution in [0.3, 0.4) is 0 Å². The molecular weight excluding hydrogens is 386 g/mol. The third-order valence-electron chi connectivity index (χ3n) is 4.86. The summed E-state index contributed by atoms with van der Waals surface area (Å²) in [7, 11) is 1.66. The zero-order valence-electron chi connectivity index (χ0n) is 17.1. The van der Waals surface area contributed by atoms with Gasteiger partial charge in [0.2, 0.25) is 11.8 Å². The fourth-order valence-electron chi connectivity index (χ4n) is 3.31. The molecule has 1 fully saturated rings. The van der Waals surface area contributed by atoms with E-state index in [0.29, 0.717) is 0 Å². The molecule has 2 aromatic carbocycles. The van der Waals surface area contributed by atoms with Gasteiger partial charge in [-0.05, 0) is 55.5 Å². The number of benzene rings is 2. The van der Waals surface area contributed by atoms with Crippen LogP contribution in [0.15, 0.2) is 53.4 Å². The van der Waals surface area contributed by atoms with Gasteiger partial charge in [0.1, 0.15) is 5.75 Å². The zero-order valence-corrected chi connectivity index (χ0v) is 17.9. The Bertz CT molecular complexity index is 831. The van der Waals surface area contributed by atoms with Gasteiger partial charge < -0.3 is 19.9 Å². The minimum absolute atomic E-state index is 0.0947. The SMILES string of the molecule is COc1ccc(N2CCN(C(=O)C(C)Sc3ccc(NC(C)=O)cc3)CC2)cc1. The summed E-state index contributed by atoms with van der Waals surface area (Å²) < 4.78 is 5.21. The van der Waals surface area contributed by atoms with Crippen LogP contribution in [0.4, 0.5) is 11.4 Å². The molecule has 6 nitrogen and oxygen atoms in total. The molecule has 7 heteroatoms. The van der Waals surface area contributed by atoms with E-state index in [1.807, 2.05) is 48.2 Å². The van der Waals surface area contributed by atoms with Crippen molar-refractivity contribution >= 4 is 35.0 Å². The first-order valence-electron chi connectivity index (χ1n) is 9.68. The van der Waals surface area contributed by atoms with Crippen molar-refractivity contribution in [3.63, 3.8) is 0 Å². The number of ether oxygens (including phenoxy) is 1. The van der Waals surface area contributed by atoms with Crippen molar-refractivity contribution in [2.24, 2.45) is 0 Å². The first-order chi connectivity index (χ1) is 14.0. The minimum Gasteiger partial charge on any atom is -0.497 e. The Morgan fingerprint density at radius 2 is 1.62 bits per heavy atom. The molecule has 1 aliphatic rings. The molecule has 1 heterocycles. The van der Waals surface area contributed by atoms with Crippen molar-refractivity contribution in [2.45, 2.75) is 24.0 Å². The molecule has 0 radical (unpaired) electrons. The summed E-state index contributed by atoms with van der Waals surface area (Å²) in [5.74, 6) is 0.913. The Morgan fingerprint density at radius 1 is 1.00 bits per heavy atom. The van der Waals surface area contributed by atoms with Gasteiger partial charge in [-0.2, -0.15) is 0 Å². The Morgan fingerprint density at radius 3 is 2.17 bits per heavy atom. The number of anilines is 2. The fraction of sp³-hybridized carbons (Fsp3) is 0.364. The predicted molar refractivity (Wildman–Crippen MR) is 118 cm³/mol. The van der Waals surface area contributed by atoms with Crippen LogP contribution in [0.5, 0.6) is 5.75 Å². The van der Waals surface area contributed by atoms with Gasteiger partial charge >= 0.3 is 0 Å². The number of carbonyl (C=O) groups excluding carboxylic acids is 2. The maximum Gasteiger partial charge on any atom is 0.235 e. The highest BCUT2D eigenvalue weighted by molar-refractivity contribution is 8.00. The van der Waals surface area contributed by atoms with Crippen LogP contribution in [0.25, 0.3) is 0 Å². The summed E-state index contributed by atoms with van der Waals surface area (Å²) in [5.41, 5.74) is 1.91. The third kappa shape index (κ3) is 5.67.